The van der Waals surface area contributed by atoms with E-state index in [0.717, 1.165) is 38.0 Å². The van der Waals surface area contributed by atoms with E-state index in [-0.39, 0.29) is 6.03 Å². The Hall–Kier alpha value is -2.49. The number of nitrogens with one attached hydrogen (secondary N) is 1. The molecule has 1 aliphatic heterocycles. The number of ether oxygens (including phenoxy) is 1. The van der Waals surface area contributed by atoms with E-state index in [1.165, 1.54) is 5.56 Å². The van der Waals surface area contributed by atoms with Gasteiger partial charge in [-0.1, -0.05) is 48.9 Å². The molecule has 1 N–H and O–H groups in total. The molecule has 0 aliphatic carbocycles. The van der Waals surface area contributed by atoms with Gasteiger partial charge in [0.15, 0.2) is 0 Å². The number of rotatable bonds is 4. The summed E-state index contributed by atoms with van der Waals surface area (Å²) < 4.78 is 5.61. The van der Waals surface area contributed by atoms with Gasteiger partial charge in [0.1, 0.15) is 5.75 Å². The van der Waals surface area contributed by atoms with E-state index in [1.807, 2.05) is 42.2 Å². The molecule has 2 amide bonds. The number of urea groups is 1. The number of hydrogen-bond acceptors (Lipinski definition) is 2. The fourth-order valence-corrected chi connectivity index (χ4v) is 3.37. The van der Waals surface area contributed by atoms with Crippen LogP contribution in [0.1, 0.15) is 37.7 Å². The van der Waals surface area contributed by atoms with Crippen LogP contribution < -0.4 is 10.1 Å². The van der Waals surface area contributed by atoms with Gasteiger partial charge in [-0.05, 0) is 37.5 Å². The standard InChI is InChI=1S/C21H26N2O2/c1-2-25-20-14-7-6-13-19(20)22-21(24)23-15-9-8-12-18(16-23)17-10-4-3-5-11-17/h3-7,10-11,13-14,18H,2,8-9,12,15-16H2,1H3,(H,22,24). The highest BCUT2D eigenvalue weighted by molar-refractivity contribution is 5.91. The van der Waals surface area contributed by atoms with Gasteiger partial charge in [0.05, 0.1) is 12.3 Å². The van der Waals surface area contributed by atoms with Crippen molar-refractivity contribution in [2.24, 2.45) is 0 Å². The minimum absolute atomic E-state index is 0.0463. The molecule has 1 unspecified atom stereocenters. The van der Waals surface area contributed by atoms with E-state index in [4.69, 9.17) is 4.74 Å². The first-order valence-corrected chi connectivity index (χ1v) is 9.10. The molecule has 0 aromatic heterocycles. The average Bonchev–Trinajstić information content (AvgIpc) is 2.91. The van der Waals surface area contributed by atoms with Gasteiger partial charge < -0.3 is 15.0 Å². The summed E-state index contributed by atoms with van der Waals surface area (Å²) in [4.78, 5) is 14.8. The molecule has 4 nitrogen and oxygen atoms in total. The van der Waals surface area contributed by atoms with Crippen molar-refractivity contribution in [1.82, 2.24) is 4.90 Å². The minimum atomic E-state index is -0.0463. The third-order valence-electron chi connectivity index (χ3n) is 4.66. The molecular formula is C21H26N2O2. The van der Waals surface area contributed by atoms with E-state index < -0.39 is 0 Å². The number of carbonyl (C=O) groups excluding carboxylic acids is 1. The molecule has 1 saturated heterocycles. The van der Waals surface area contributed by atoms with Gasteiger partial charge >= 0.3 is 6.03 Å². The molecule has 1 atom stereocenters. The Morgan fingerprint density at radius 2 is 1.88 bits per heavy atom. The largest absolute Gasteiger partial charge is 0.492 e. The molecule has 1 fully saturated rings. The number of carbonyl (C=O) groups is 1. The Bertz CT molecular complexity index is 687. The fourth-order valence-electron chi connectivity index (χ4n) is 3.37. The quantitative estimate of drug-likeness (QED) is 0.862. The molecule has 1 aliphatic rings. The van der Waals surface area contributed by atoms with Crippen LogP contribution >= 0.6 is 0 Å². The van der Waals surface area contributed by atoms with Gasteiger partial charge in [-0.25, -0.2) is 4.79 Å². The van der Waals surface area contributed by atoms with Crippen molar-refractivity contribution >= 4 is 11.7 Å². The second-order valence-electron chi connectivity index (χ2n) is 6.41. The van der Waals surface area contributed by atoms with E-state index in [2.05, 4.69) is 29.6 Å². The number of amides is 2. The fraction of sp³-hybridized carbons (Fsp3) is 0.381. The van der Waals surface area contributed by atoms with Crippen LogP contribution in [0.3, 0.4) is 0 Å². The summed E-state index contributed by atoms with van der Waals surface area (Å²) >= 11 is 0. The summed E-state index contributed by atoms with van der Waals surface area (Å²) in [6.07, 6.45) is 3.33. The van der Waals surface area contributed by atoms with E-state index in [1.54, 1.807) is 0 Å². The van der Waals surface area contributed by atoms with Gasteiger partial charge in [-0.3, -0.25) is 0 Å². The Morgan fingerprint density at radius 1 is 1.12 bits per heavy atom. The van der Waals surface area contributed by atoms with Crippen LogP contribution in [0.5, 0.6) is 5.75 Å². The smallest absolute Gasteiger partial charge is 0.321 e. The minimum Gasteiger partial charge on any atom is -0.492 e. The lowest BCUT2D eigenvalue weighted by molar-refractivity contribution is 0.211. The van der Waals surface area contributed by atoms with Crippen molar-refractivity contribution in [3.05, 3.63) is 60.2 Å². The molecule has 2 aromatic carbocycles. The van der Waals surface area contributed by atoms with Crippen LogP contribution in [0.2, 0.25) is 0 Å². The zero-order valence-electron chi connectivity index (χ0n) is 14.8. The summed E-state index contributed by atoms with van der Waals surface area (Å²) in [6, 6.07) is 18.1. The van der Waals surface area contributed by atoms with E-state index >= 15 is 0 Å². The molecule has 25 heavy (non-hydrogen) atoms. The van der Waals surface area contributed by atoms with Crippen LogP contribution in [0, 0.1) is 0 Å². The van der Waals surface area contributed by atoms with Gasteiger partial charge in [-0.15, -0.1) is 0 Å². The molecule has 1 heterocycles. The zero-order chi connectivity index (χ0) is 17.5. The third kappa shape index (κ3) is 4.53. The maximum atomic E-state index is 12.8. The lowest BCUT2D eigenvalue weighted by atomic mass is 9.94. The SMILES string of the molecule is CCOc1ccccc1NC(=O)N1CCCCC(c2ccccc2)C1. The number of nitrogens with zero attached hydrogens (tertiary/aromatic N) is 1. The van der Waals surface area contributed by atoms with E-state index in [0.29, 0.717) is 18.3 Å². The van der Waals surface area contributed by atoms with Crippen molar-refractivity contribution in [3.8, 4) is 5.75 Å². The molecule has 0 saturated carbocycles. The number of benzene rings is 2. The van der Waals surface area contributed by atoms with Crippen molar-refractivity contribution in [3.63, 3.8) is 0 Å². The highest BCUT2D eigenvalue weighted by Crippen LogP contribution is 2.28. The van der Waals surface area contributed by atoms with Gasteiger partial charge in [0, 0.05) is 19.0 Å². The molecular weight excluding hydrogens is 312 g/mol. The van der Waals surface area contributed by atoms with Crippen LogP contribution in [-0.4, -0.2) is 30.6 Å². The molecule has 0 spiro atoms. The van der Waals surface area contributed by atoms with Gasteiger partial charge in [0.25, 0.3) is 0 Å². The predicted molar refractivity (Wildman–Crippen MR) is 101 cm³/mol. The summed E-state index contributed by atoms with van der Waals surface area (Å²) in [5, 5.41) is 3.03. The second kappa shape index (κ2) is 8.56. The first-order chi connectivity index (χ1) is 12.3. The summed E-state index contributed by atoms with van der Waals surface area (Å²) in [7, 11) is 0. The molecule has 132 valence electrons. The van der Waals surface area contributed by atoms with Crippen molar-refractivity contribution in [1.29, 1.82) is 0 Å². The van der Waals surface area contributed by atoms with Crippen LogP contribution in [0.25, 0.3) is 0 Å². The number of hydrogen-bond donors (Lipinski definition) is 1. The highest BCUT2D eigenvalue weighted by atomic mass is 16.5. The van der Waals surface area contributed by atoms with E-state index in [9.17, 15) is 4.79 Å². The van der Waals surface area contributed by atoms with Crippen molar-refractivity contribution < 1.29 is 9.53 Å². The topological polar surface area (TPSA) is 41.6 Å². The summed E-state index contributed by atoms with van der Waals surface area (Å²) in [6.45, 7) is 4.07. The Kier molecular flexibility index (Phi) is 5.94. The number of likely N-dealkylation sites (tertiary alicyclic amines) is 1. The van der Waals surface area contributed by atoms with Crippen LogP contribution in [-0.2, 0) is 0 Å². The third-order valence-corrected chi connectivity index (χ3v) is 4.66. The number of para-hydroxylation sites is 2. The number of anilines is 1. The van der Waals surface area contributed by atoms with Crippen LogP contribution in [0.4, 0.5) is 10.5 Å². The Morgan fingerprint density at radius 3 is 2.68 bits per heavy atom. The Balaban J connectivity index is 1.70. The summed E-state index contributed by atoms with van der Waals surface area (Å²) in [5.41, 5.74) is 2.05. The predicted octanol–water partition coefficient (Wildman–Crippen LogP) is 4.89. The van der Waals surface area contributed by atoms with Crippen LogP contribution in [0.15, 0.2) is 54.6 Å². The Labute approximate surface area is 149 Å². The normalized spacial score (nSPS) is 17.6. The van der Waals surface area contributed by atoms with Gasteiger partial charge in [-0.2, -0.15) is 0 Å². The first-order valence-electron chi connectivity index (χ1n) is 9.10. The molecule has 2 aromatic rings. The molecule has 3 rings (SSSR count). The lowest BCUT2D eigenvalue weighted by Gasteiger charge is -2.25. The lowest BCUT2D eigenvalue weighted by Crippen LogP contribution is -2.37. The zero-order valence-corrected chi connectivity index (χ0v) is 14.8. The first kappa shape index (κ1) is 17.3. The molecule has 0 bridgehead atoms. The maximum Gasteiger partial charge on any atom is 0.321 e. The monoisotopic (exact) mass is 338 g/mol. The molecule has 0 radical (unpaired) electrons. The summed E-state index contributed by atoms with van der Waals surface area (Å²) in [5.74, 6) is 1.12. The second-order valence-corrected chi connectivity index (χ2v) is 6.41. The van der Waals surface area contributed by atoms with Crippen molar-refractivity contribution in [2.75, 3.05) is 25.0 Å². The maximum absolute atomic E-state index is 12.8. The average molecular weight is 338 g/mol. The van der Waals surface area contributed by atoms with Crippen molar-refractivity contribution in [2.45, 2.75) is 32.1 Å². The highest BCUT2D eigenvalue weighted by Gasteiger charge is 2.23. The van der Waals surface area contributed by atoms with Gasteiger partial charge in [0.2, 0.25) is 0 Å². The molecule has 4 heteroatoms.